The Morgan fingerprint density at radius 2 is 2.50 bits per heavy atom. The van der Waals surface area contributed by atoms with Crippen LogP contribution < -0.4 is 5.32 Å². The van der Waals surface area contributed by atoms with E-state index < -0.39 is 11.7 Å². The van der Waals surface area contributed by atoms with Crippen LogP contribution in [0.15, 0.2) is 17.4 Å². The quantitative estimate of drug-likeness (QED) is 0.793. The van der Waals surface area contributed by atoms with Gasteiger partial charge < -0.3 is 19.9 Å². The van der Waals surface area contributed by atoms with Crippen molar-refractivity contribution in [1.82, 2.24) is 20.3 Å². The largest absolute Gasteiger partial charge is 0.387 e. The molecule has 4 rings (SSSR count). The number of thioether (sulfide) groups is 1. The zero-order valence-electron chi connectivity index (χ0n) is 12.4. The van der Waals surface area contributed by atoms with Crippen molar-refractivity contribution in [2.45, 2.75) is 48.7 Å². The molecule has 120 valence electrons. The minimum absolute atomic E-state index is 0.00705. The fourth-order valence-corrected chi connectivity index (χ4v) is 4.59. The topological polar surface area (TPSA) is 93.8 Å². The molecule has 1 aromatic rings. The van der Waals surface area contributed by atoms with E-state index in [1.807, 2.05) is 6.92 Å². The number of methoxy groups -OCH3 is 1. The summed E-state index contributed by atoms with van der Waals surface area (Å²) in [6, 6.07) is -0.200. The molecular weight excluding hydrogens is 306 g/mol. The summed E-state index contributed by atoms with van der Waals surface area (Å²) in [5.41, 5.74) is -0.796. The van der Waals surface area contributed by atoms with Gasteiger partial charge in [0, 0.05) is 26.3 Å². The van der Waals surface area contributed by atoms with Crippen LogP contribution in [0, 0.1) is 0 Å². The van der Waals surface area contributed by atoms with Gasteiger partial charge in [-0.2, -0.15) is 0 Å². The highest BCUT2D eigenvalue weighted by molar-refractivity contribution is 8.14. The molecule has 2 fully saturated rings. The predicted molar refractivity (Wildman–Crippen MR) is 80.6 cm³/mol. The van der Waals surface area contributed by atoms with Gasteiger partial charge >= 0.3 is 0 Å². The lowest BCUT2D eigenvalue weighted by molar-refractivity contribution is -0.181. The lowest BCUT2D eigenvalue weighted by Crippen LogP contribution is -2.57. The number of aliphatic imine (C=N–C) groups is 1. The summed E-state index contributed by atoms with van der Waals surface area (Å²) in [4.78, 5) is 4.61. The van der Waals surface area contributed by atoms with Crippen LogP contribution >= 0.6 is 11.8 Å². The second-order valence-electron chi connectivity index (χ2n) is 5.76. The highest BCUT2D eigenvalue weighted by atomic mass is 32.2. The van der Waals surface area contributed by atoms with E-state index >= 15 is 0 Å². The fraction of sp³-hybridized carbons (Fsp3) is 0.769. The lowest BCUT2D eigenvalue weighted by Gasteiger charge is -2.41. The molecule has 0 radical (unpaired) electrons. The number of hydrogen-bond donors (Lipinski definition) is 2. The van der Waals surface area contributed by atoms with E-state index in [1.165, 1.54) is 0 Å². The van der Waals surface area contributed by atoms with Crippen LogP contribution in [0.2, 0.25) is 0 Å². The molecule has 3 heterocycles. The Morgan fingerprint density at radius 1 is 1.64 bits per heavy atom. The van der Waals surface area contributed by atoms with Crippen LogP contribution in [-0.4, -0.2) is 68.2 Å². The summed E-state index contributed by atoms with van der Waals surface area (Å²) in [6.45, 7) is 2.83. The lowest BCUT2D eigenvalue weighted by atomic mass is 9.95. The normalized spacial score (nSPS) is 43.0. The summed E-state index contributed by atoms with van der Waals surface area (Å²) in [6.07, 6.45) is 3.02. The Hall–Kier alpha value is -1.16. The number of aromatic nitrogens is 3. The van der Waals surface area contributed by atoms with Gasteiger partial charge in [-0.25, -0.2) is 4.68 Å². The molecule has 0 aromatic carbocycles. The average Bonchev–Trinajstić information content (AvgIpc) is 2.89. The van der Waals surface area contributed by atoms with Crippen molar-refractivity contribution in [3.05, 3.63) is 12.4 Å². The number of nitrogens with one attached hydrogen (secondary N) is 1. The molecule has 1 aromatic heterocycles. The van der Waals surface area contributed by atoms with Crippen molar-refractivity contribution < 1.29 is 14.6 Å². The summed E-state index contributed by atoms with van der Waals surface area (Å²) in [7, 11) is 1.61. The summed E-state index contributed by atoms with van der Waals surface area (Å²) in [5, 5.41) is 22.7. The first-order valence-corrected chi connectivity index (χ1v) is 8.30. The molecule has 1 saturated heterocycles. The Morgan fingerprint density at radius 3 is 3.18 bits per heavy atom. The van der Waals surface area contributed by atoms with Crippen molar-refractivity contribution >= 4 is 16.9 Å². The molecule has 2 unspecified atom stereocenters. The zero-order chi connectivity index (χ0) is 15.3. The van der Waals surface area contributed by atoms with Gasteiger partial charge in [0.25, 0.3) is 0 Å². The van der Waals surface area contributed by atoms with Crippen molar-refractivity contribution in [2.75, 3.05) is 13.7 Å². The molecule has 6 atom stereocenters. The van der Waals surface area contributed by atoms with Gasteiger partial charge in [0.15, 0.2) is 5.17 Å². The van der Waals surface area contributed by atoms with Crippen molar-refractivity contribution in [3.63, 3.8) is 0 Å². The smallest absolute Gasteiger partial charge is 0.159 e. The first-order chi connectivity index (χ1) is 10.7. The maximum Gasteiger partial charge on any atom is 0.159 e. The van der Waals surface area contributed by atoms with E-state index in [-0.39, 0.29) is 23.6 Å². The van der Waals surface area contributed by atoms with Crippen molar-refractivity contribution in [3.8, 4) is 0 Å². The van der Waals surface area contributed by atoms with Crippen LogP contribution in [0.1, 0.15) is 19.4 Å². The Kier molecular flexibility index (Phi) is 3.40. The summed E-state index contributed by atoms with van der Waals surface area (Å²) in [5.74, 6) is 0. The Bertz CT molecular complexity index is 582. The van der Waals surface area contributed by atoms with E-state index in [0.717, 1.165) is 11.7 Å². The third-order valence-electron chi connectivity index (χ3n) is 4.53. The average molecular weight is 325 g/mol. The zero-order valence-corrected chi connectivity index (χ0v) is 13.2. The molecule has 1 spiro atoms. The highest BCUT2D eigenvalue weighted by Crippen LogP contribution is 2.59. The van der Waals surface area contributed by atoms with Gasteiger partial charge in [-0.15, -0.1) is 5.10 Å². The van der Waals surface area contributed by atoms with Crippen molar-refractivity contribution in [1.29, 1.82) is 0 Å². The molecule has 2 N–H and O–H groups in total. The number of hydrogen-bond acceptors (Lipinski definition) is 8. The standard InChI is InChI=1S/C13H19N5O3S/c1-3-14-12-16-8-9(20-2)10(19)13(21-11(8)22-12)6-7(13)18-5-4-15-17-18/h4-5,7-11,19H,3,6H2,1-2H3,(H,14,16)/t7?,8-,9-,10+,11-,13?/m1/s1. The molecule has 22 heavy (non-hydrogen) atoms. The highest BCUT2D eigenvalue weighted by Gasteiger charge is 2.70. The van der Waals surface area contributed by atoms with Crippen LogP contribution in [0.25, 0.3) is 0 Å². The predicted octanol–water partition coefficient (Wildman–Crippen LogP) is -0.225. The monoisotopic (exact) mass is 325 g/mol. The van der Waals surface area contributed by atoms with Crippen LogP contribution in [-0.2, 0) is 9.47 Å². The molecule has 1 aliphatic carbocycles. The Labute approximate surface area is 132 Å². The van der Waals surface area contributed by atoms with Crippen LogP contribution in [0.3, 0.4) is 0 Å². The van der Waals surface area contributed by atoms with E-state index in [4.69, 9.17) is 9.47 Å². The molecule has 1 saturated carbocycles. The summed E-state index contributed by atoms with van der Waals surface area (Å²) >= 11 is 1.56. The van der Waals surface area contributed by atoms with Gasteiger partial charge in [-0.05, 0) is 6.92 Å². The number of amidine groups is 1. The van der Waals surface area contributed by atoms with Gasteiger partial charge in [0.1, 0.15) is 29.3 Å². The van der Waals surface area contributed by atoms with Gasteiger partial charge in [0.05, 0.1) is 12.2 Å². The van der Waals surface area contributed by atoms with Crippen molar-refractivity contribution in [2.24, 2.45) is 4.99 Å². The maximum absolute atomic E-state index is 10.8. The third kappa shape index (κ3) is 1.99. The first kappa shape index (κ1) is 14.4. The van der Waals surface area contributed by atoms with Gasteiger partial charge in [-0.3, -0.25) is 4.99 Å². The SMILES string of the molecule is CCNC1=N[C@@H]2[C@@H](OC)[C@H](O)C3(CC3n3ccnn3)O[C@@H]2S1. The second-order valence-corrected chi connectivity index (χ2v) is 6.85. The van der Waals surface area contributed by atoms with E-state index in [1.54, 1.807) is 35.9 Å². The number of aliphatic hydroxyl groups excluding tert-OH is 1. The van der Waals surface area contributed by atoms with Crippen LogP contribution in [0.5, 0.6) is 0 Å². The number of nitrogens with zero attached hydrogens (tertiary/aromatic N) is 4. The molecule has 0 amide bonds. The number of rotatable bonds is 3. The number of fused-ring (bicyclic) bond motifs is 1. The molecule has 8 nitrogen and oxygen atoms in total. The second kappa shape index (κ2) is 5.19. The molecule has 2 aliphatic heterocycles. The minimum Gasteiger partial charge on any atom is -0.387 e. The third-order valence-corrected chi connectivity index (χ3v) is 5.61. The first-order valence-electron chi connectivity index (χ1n) is 7.42. The van der Waals surface area contributed by atoms with Crippen LogP contribution in [0.4, 0.5) is 0 Å². The molecule has 3 aliphatic rings. The van der Waals surface area contributed by atoms with E-state index in [0.29, 0.717) is 6.42 Å². The number of ether oxygens (including phenoxy) is 2. The van der Waals surface area contributed by atoms with E-state index in [2.05, 4.69) is 20.6 Å². The minimum atomic E-state index is -0.738. The van der Waals surface area contributed by atoms with Gasteiger partial charge in [0.2, 0.25) is 0 Å². The summed E-state index contributed by atoms with van der Waals surface area (Å²) < 4.78 is 13.6. The van der Waals surface area contributed by atoms with Gasteiger partial charge in [-0.1, -0.05) is 17.0 Å². The maximum atomic E-state index is 10.8. The molecule has 9 heteroatoms. The molecule has 0 bridgehead atoms. The fourth-order valence-electron chi connectivity index (χ4n) is 3.37. The number of aliphatic hydroxyl groups is 1. The van der Waals surface area contributed by atoms with E-state index in [9.17, 15) is 5.11 Å². The molecular formula is C13H19N5O3S. The Balaban J connectivity index is 1.59.